The summed E-state index contributed by atoms with van der Waals surface area (Å²) in [6, 6.07) is 110. The monoisotopic (exact) mass is 1730 g/mol. The van der Waals surface area contributed by atoms with E-state index in [0.717, 1.165) is 140 Å². The number of H-pyrrole nitrogens is 3. The minimum Gasteiger partial charge on any atom is -0.489 e. The number of esters is 1. The molecule has 28 heteroatoms. The van der Waals surface area contributed by atoms with Gasteiger partial charge in [0.1, 0.15) is 92.2 Å². The molecule has 0 fully saturated rings. The molecule has 19 rings (SSSR count). The molecular weight excluding hydrogens is 1640 g/mol. The molecule has 646 valence electrons. The molecule has 0 saturated heterocycles. The molecule has 28 nitrogen and oxygen atoms in total. The van der Waals surface area contributed by atoms with Gasteiger partial charge in [-0.2, -0.15) is 15.6 Å². The number of carbonyl (C=O) groups is 2. The van der Waals surface area contributed by atoms with Crippen LogP contribution in [0.4, 0.5) is 0 Å². The lowest BCUT2D eigenvalue weighted by molar-refractivity contribution is -0.137. The van der Waals surface area contributed by atoms with Gasteiger partial charge in [0.25, 0.3) is 0 Å². The highest BCUT2D eigenvalue weighted by atomic mass is 16.5. The van der Waals surface area contributed by atoms with Gasteiger partial charge in [-0.3, -0.25) is 4.79 Å². The quantitative estimate of drug-likeness (QED) is 0.0278. The molecule has 0 saturated carbocycles. The van der Waals surface area contributed by atoms with Crippen LogP contribution in [0.25, 0.3) is 66.4 Å². The highest BCUT2D eigenvalue weighted by Gasteiger charge is 2.18. The third-order valence-electron chi connectivity index (χ3n) is 20.4. The van der Waals surface area contributed by atoms with E-state index < -0.39 is 11.9 Å². The van der Waals surface area contributed by atoms with Crippen molar-refractivity contribution >= 4 is 55.6 Å². The molecule has 0 radical (unpaired) electrons. The van der Waals surface area contributed by atoms with Crippen LogP contribution in [-0.2, 0) is 68.8 Å². The first-order valence-electron chi connectivity index (χ1n) is 41.7. The maximum Gasteiger partial charge on any atom is 0.337 e. The number of carboxylic acids is 1. The molecular formula is C102H86N16O12. The maximum atomic E-state index is 12.0. The average Bonchev–Trinajstić information content (AvgIpc) is 1.21. The van der Waals surface area contributed by atoms with Gasteiger partial charge < -0.3 is 47.7 Å². The first-order valence-corrected chi connectivity index (χ1v) is 41.7. The number of nitrogens with one attached hydrogen (secondary N) is 3. The topological polar surface area (TPSA) is 352 Å². The van der Waals surface area contributed by atoms with E-state index in [4.69, 9.17) is 47.7 Å². The van der Waals surface area contributed by atoms with E-state index >= 15 is 0 Å². The number of methoxy groups -OCH3 is 1. The predicted octanol–water partition coefficient (Wildman–Crippen LogP) is 19.4. The molecule has 12 aromatic carbocycles. The number of para-hydroxylation sites is 4. The van der Waals surface area contributed by atoms with Crippen LogP contribution >= 0.6 is 0 Å². The first kappa shape index (κ1) is 86.4. The van der Waals surface area contributed by atoms with Gasteiger partial charge in [0.15, 0.2) is 6.61 Å². The molecule has 1 unspecified atom stereocenters. The third-order valence-corrected chi connectivity index (χ3v) is 20.4. The summed E-state index contributed by atoms with van der Waals surface area (Å²) in [7, 11) is 1.32. The van der Waals surface area contributed by atoms with Gasteiger partial charge in [0.2, 0.25) is 17.5 Å². The number of carboxylic acid groups (broad SMARTS) is 1. The zero-order valence-electron chi connectivity index (χ0n) is 70.4. The van der Waals surface area contributed by atoms with Gasteiger partial charge in [-0.15, -0.1) is 30.6 Å². The molecule has 0 spiro atoms. The number of aliphatic carboxylic acids is 1. The number of tetrazole rings is 3. The molecule has 4 N–H and O–H groups in total. The molecule has 0 aliphatic carbocycles. The fraction of sp³-hybridized carbons (Fsp3) is 0.127. The van der Waals surface area contributed by atoms with Crippen molar-refractivity contribution in [3.8, 4) is 68.8 Å². The van der Waals surface area contributed by atoms with Crippen LogP contribution in [0.5, 0.6) is 46.0 Å². The number of aromatic amines is 3. The Morgan fingerprint density at radius 3 is 1.18 bits per heavy atom. The Morgan fingerprint density at radius 2 is 0.723 bits per heavy atom. The Bertz CT molecular complexity index is 6720. The van der Waals surface area contributed by atoms with Crippen molar-refractivity contribution in [2.45, 2.75) is 78.0 Å². The molecule has 1 atom stereocenters. The fourth-order valence-electron chi connectivity index (χ4n) is 13.9. The van der Waals surface area contributed by atoms with Crippen molar-refractivity contribution in [3.63, 3.8) is 0 Å². The summed E-state index contributed by atoms with van der Waals surface area (Å²) in [6.07, 6.45) is 1.53. The van der Waals surface area contributed by atoms with E-state index in [-0.39, 0.29) is 25.6 Å². The largest absolute Gasteiger partial charge is 0.489 e. The number of aromatic nitrogens is 16. The Morgan fingerprint density at radius 1 is 0.331 bits per heavy atom. The second-order valence-electron chi connectivity index (χ2n) is 29.6. The molecule has 19 aromatic rings. The van der Waals surface area contributed by atoms with Crippen LogP contribution in [0, 0.1) is 0 Å². The lowest BCUT2D eigenvalue weighted by Gasteiger charge is -2.17. The van der Waals surface area contributed by atoms with Crippen molar-refractivity contribution in [3.05, 3.63) is 402 Å². The fourth-order valence-corrected chi connectivity index (χ4v) is 13.9. The summed E-state index contributed by atoms with van der Waals surface area (Å²) in [5.41, 5.74) is 14.4. The van der Waals surface area contributed by atoms with Crippen LogP contribution in [0.1, 0.15) is 85.5 Å². The Kier molecular flexibility index (Phi) is 29.2. The van der Waals surface area contributed by atoms with Crippen LogP contribution in [0.2, 0.25) is 0 Å². The molecule has 0 bridgehead atoms. The number of fused-ring (bicyclic) bond motifs is 4. The van der Waals surface area contributed by atoms with E-state index in [0.29, 0.717) is 86.3 Å². The number of nitrogens with zero attached hydrogens (tertiary/aromatic N) is 13. The molecule has 130 heavy (non-hydrogen) atoms. The number of pyridine rings is 4. The highest BCUT2D eigenvalue weighted by molar-refractivity contribution is 5.90. The number of benzene rings is 12. The molecule has 0 amide bonds. The number of ether oxygens (including phenoxy) is 9. The SMILES string of the molecule is COC(=O)c1ccc(COc2cccc(OCc3ccc4ccccc4n3)c2)c(OCc2nn[nH]n2)c1.O=C(O)CCC(Cc1cccc(OCc2ccc3ccccc3n2)c1)c1ccccc1.c1cc(COc2cccc(-c3nn[nH]n3)c2)cc(OCc2ccc3ccccc3n2)c1.c1cc(OCc2cccc(-c3nn[nH]n3)c2)cc(OCc2ccc3ccccc3n2)c1. The van der Waals surface area contributed by atoms with Crippen LogP contribution in [0.3, 0.4) is 0 Å². The minimum absolute atomic E-state index is 0.0697. The van der Waals surface area contributed by atoms with Gasteiger partial charge >= 0.3 is 11.9 Å². The summed E-state index contributed by atoms with van der Waals surface area (Å²) < 4.78 is 52.4. The van der Waals surface area contributed by atoms with E-state index in [1.807, 2.05) is 285 Å². The highest BCUT2D eigenvalue weighted by Crippen LogP contribution is 2.32. The smallest absolute Gasteiger partial charge is 0.337 e. The van der Waals surface area contributed by atoms with Crippen LogP contribution < -0.4 is 37.9 Å². The van der Waals surface area contributed by atoms with Crippen molar-refractivity contribution in [1.29, 1.82) is 0 Å². The second kappa shape index (κ2) is 43.9. The lowest BCUT2D eigenvalue weighted by Crippen LogP contribution is -2.07. The maximum absolute atomic E-state index is 12.0. The summed E-state index contributed by atoms with van der Waals surface area (Å²) in [5, 5.41) is 55.3. The lowest BCUT2D eigenvalue weighted by atomic mass is 9.88. The van der Waals surface area contributed by atoms with Gasteiger partial charge in [-0.05, 0) is 179 Å². The summed E-state index contributed by atoms with van der Waals surface area (Å²) in [4.78, 5) is 41.7. The van der Waals surface area contributed by atoms with Crippen LogP contribution in [-0.4, -0.2) is 106 Å². The Labute approximate surface area is 746 Å². The number of rotatable bonds is 33. The van der Waals surface area contributed by atoms with E-state index in [2.05, 4.69) is 118 Å². The normalized spacial score (nSPS) is 11.1. The van der Waals surface area contributed by atoms with Gasteiger partial charge in [0.05, 0.1) is 57.5 Å². The summed E-state index contributed by atoms with van der Waals surface area (Å²) >= 11 is 0. The molecule has 7 heterocycles. The second-order valence-corrected chi connectivity index (χ2v) is 29.6. The van der Waals surface area contributed by atoms with E-state index in [1.165, 1.54) is 7.11 Å². The Hall–Kier alpha value is -17.2. The van der Waals surface area contributed by atoms with Crippen molar-refractivity contribution in [2.24, 2.45) is 0 Å². The zero-order valence-corrected chi connectivity index (χ0v) is 70.4. The zero-order chi connectivity index (χ0) is 88.7. The summed E-state index contributed by atoms with van der Waals surface area (Å²) in [5.74, 6) is 5.85. The van der Waals surface area contributed by atoms with Gasteiger partial charge in [-0.1, -0.05) is 205 Å². The number of hydrogen-bond donors (Lipinski definition) is 4. The minimum atomic E-state index is -0.763. The Balaban J connectivity index is 0.000000127. The molecule has 7 aromatic heterocycles. The number of hydrogen-bond acceptors (Lipinski definition) is 24. The average molecular weight is 1730 g/mol. The van der Waals surface area contributed by atoms with Crippen molar-refractivity contribution < 1.29 is 57.3 Å². The molecule has 0 aliphatic heterocycles. The van der Waals surface area contributed by atoms with E-state index in [9.17, 15) is 9.59 Å². The molecule has 0 aliphatic rings. The predicted molar refractivity (Wildman–Crippen MR) is 488 cm³/mol. The van der Waals surface area contributed by atoms with Gasteiger partial charge in [-0.25, -0.2) is 24.7 Å². The first-order chi connectivity index (χ1) is 64.0. The summed E-state index contributed by atoms with van der Waals surface area (Å²) in [6.45, 7) is 2.62. The van der Waals surface area contributed by atoms with Crippen LogP contribution in [0.15, 0.2) is 340 Å². The number of carbonyl (C=O) groups excluding carboxylic acids is 1. The van der Waals surface area contributed by atoms with Gasteiger partial charge in [0, 0.05) is 56.8 Å². The standard InChI is InChI=1S/C27H23N5O5.C27H25NO3.2C24H19N5O2/c1-34-27(33)19-9-10-20(25(13-19)37-17-26-29-31-32-30-26)15-35-22-6-4-7-23(14-22)36-16-21-12-11-18-5-2-3-8-24(18)28-21;29-27(30)16-14-23(21-8-2-1-3-9-21)17-20-7-6-11-25(18-20)31-19-24-15-13-22-10-4-5-12-26(22)28-24;1-2-10-23-18(6-1)11-12-20(25-23)16-31-21-8-3-5-17(13-21)15-30-22-9-4-7-19(14-22)24-26-28-29-27-24;1-2-10-23-18(6-1)11-12-20(25-23)16-31-22-9-4-8-21(14-22)30-15-17-5-3-7-19(13-17)24-26-28-29-27-24/h2-14H,15-17H2,1H3,(H,29,30,31,32);1-13,15,18,23H,14,16-17,19H2,(H,29,30);2*1-14H,15-16H2,(H,26,27,28,29). The van der Waals surface area contributed by atoms with E-state index in [1.54, 1.807) is 18.2 Å². The third kappa shape index (κ3) is 24.9. The van der Waals surface area contributed by atoms with Crippen molar-refractivity contribution in [2.75, 3.05) is 7.11 Å². The van der Waals surface area contributed by atoms with Crippen molar-refractivity contribution in [1.82, 2.24) is 81.8 Å².